The summed E-state index contributed by atoms with van der Waals surface area (Å²) in [5, 5.41) is 0. The topological polar surface area (TPSA) is 35.5 Å². The second-order valence-electron chi connectivity index (χ2n) is 6.00. The van der Waals surface area contributed by atoms with E-state index in [1.54, 1.807) is 37.5 Å². The van der Waals surface area contributed by atoms with Crippen LogP contribution in [0, 0.1) is 0 Å². The number of carbonyl (C=O) groups is 1. The molecule has 0 aliphatic carbocycles. The van der Waals surface area contributed by atoms with Gasteiger partial charge < -0.3 is 9.47 Å². The first-order valence-electron chi connectivity index (χ1n) is 9.36. The van der Waals surface area contributed by atoms with Gasteiger partial charge in [-0.2, -0.15) is 0 Å². The largest absolute Gasteiger partial charge is 0.465 e. The maximum absolute atomic E-state index is 11.5. The van der Waals surface area contributed by atoms with Crippen molar-refractivity contribution < 1.29 is 14.3 Å². The highest BCUT2D eigenvalue weighted by molar-refractivity contribution is 5.89. The van der Waals surface area contributed by atoms with Crippen LogP contribution in [0.1, 0.15) is 82.0 Å². The molecule has 0 amide bonds. The number of carbonyl (C=O) groups excluding carboxylic acids is 1. The molecule has 0 aromatic heterocycles. The Morgan fingerprint density at radius 1 is 0.917 bits per heavy atom. The zero-order valence-electron chi connectivity index (χ0n) is 15.3. The smallest absolute Gasteiger partial charge is 0.338 e. The summed E-state index contributed by atoms with van der Waals surface area (Å²) in [6.45, 7) is 4.44. The summed E-state index contributed by atoms with van der Waals surface area (Å²) < 4.78 is 10.5. The van der Waals surface area contributed by atoms with Gasteiger partial charge >= 0.3 is 5.97 Å². The second kappa shape index (κ2) is 13.6. The van der Waals surface area contributed by atoms with Crippen LogP contribution in [0.15, 0.2) is 36.6 Å². The van der Waals surface area contributed by atoms with E-state index in [9.17, 15) is 4.79 Å². The second-order valence-corrected chi connectivity index (χ2v) is 6.00. The number of hydrogen-bond acceptors (Lipinski definition) is 3. The minimum atomic E-state index is -0.297. The van der Waals surface area contributed by atoms with E-state index in [0.717, 1.165) is 12.2 Å². The Balaban J connectivity index is 2.09. The van der Waals surface area contributed by atoms with Crippen LogP contribution in [-0.4, -0.2) is 12.6 Å². The molecule has 24 heavy (non-hydrogen) atoms. The number of benzene rings is 1. The van der Waals surface area contributed by atoms with Gasteiger partial charge in [0.2, 0.25) is 0 Å². The molecule has 0 aliphatic heterocycles. The number of esters is 1. The molecular formula is C21H32O3. The highest BCUT2D eigenvalue weighted by atomic mass is 16.5. The summed E-state index contributed by atoms with van der Waals surface area (Å²) in [6.07, 6.45) is 15.5. The van der Waals surface area contributed by atoms with E-state index < -0.39 is 0 Å². The molecule has 0 saturated carbocycles. The quantitative estimate of drug-likeness (QED) is 0.242. The normalized spacial score (nSPS) is 10.9. The summed E-state index contributed by atoms with van der Waals surface area (Å²) in [5.41, 5.74) is 0.548. The van der Waals surface area contributed by atoms with Crippen LogP contribution in [0.5, 0.6) is 5.75 Å². The first-order valence-corrected chi connectivity index (χ1v) is 9.36. The van der Waals surface area contributed by atoms with E-state index in [0.29, 0.717) is 12.2 Å². The predicted molar refractivity (Wildman–Crippen MR) is 99.4 cm³/mol. The monoisotopic (exact) mass is 332 g/mol. The Hall–Kier alpha value is -1.77. The number of rotatable bonds is 13. The molecule has 0 N–H and O–H groups in total. The molecule has 0 spiro atoms. The maximum atomic E-state index is 11.5. The van der Waals surface area contributed by atoms with E-state index in [1.165, 1.54) is 51.4 Å². The van der Waals surface area contributed by atoms with E-state index >= 15 is 0 Å². The lowest BCUT2D eigenvalue weighted by atomic mass is 10.1. The Morgan fingerprint density at radius 2 is 1.54 bits per heavy atom. The van der Waals surface area contributed by atoms with Gasteiger partial charge in [-0.05, 0) is 50.1 Å². The number of unbranched alkanes of at least 4 members (excludes halogenated alkanes) is 8. The van der Waals surface area contributed by atoms with Crippen LogP contribution in [0.25, 0.3) is 0 Å². The van der Waals surface area contributed by atoms with E-state index in [2.05, 4.69) is 13.0 Å². The van der Waals surface area contributed by atoms with Crippen molar-refractivity contribution in [3.8, 4) is 5.75 Å². The van der Waals surface area contributed by atoms with Gasteiger partial charge in [0.15, 0.2) is 0 Å². The lowest BCUT2D eigenvalue weighted by Gasteiger charge is -2.03. The van der Waals surface area contributed by atoms with Gasteiger partial charge in [0, 0.05) is 0 Å². The van der Waals surface area contributed by atoms with Gasteiger partial charge in [-0.15, -0.1) is 0 Å². The van der Waals surface area contributed by atoms with Gasteiger partial charge in [0.05, 0.1) is 18.4 Å². The summed E-state index contributed by atoms with van der Waals surface area (Å²) >= 11 is 0. The van der Waals surface area contributed by atoms with Gasteiger partial charge in [-0.1, -0.05) is 51.9 Å². The first-order chi connectivity index (χ1) is 11.8. The van der Waals surface area contributed by atoms with Gasteiger partial charge in [0.25, 0.3) is 0 Å². The Morgan fingerprint density at radius 3 is 2.17 bits per heavy atom. The molecular weight excluding hydrogens is 300 g/mol. The fourth-order valence-corrected chi connectivity index (χ4v) is 2.47. The summed E-state index contributed by atoms with van der Waals surface area (Å²) in [4.78, 5) is 11.5. The highest BCUT2D eigenvalue weighted by Crippen LogP contribution is 2.14. The molecule has 134 valence electrons. The average molecular weight is 332 g/mol. The van der Waals surface area contributed by atoms with Crippen molar-refractivity contribution in [3.05, 3.63) is 42.2 Å². The third kappa shape index (κ3) is 9.39. The molecule has 0 atom stereocenters. The van der Waals surface area contributed by atoms with Crippen molar-refractivity contribution in [2.24, 2.45) is 0 Å². The van der Waals surface area contributed by atoms with E-state index in [4.69, 9.17) is 9.47 Å². The minimum absolute atomic E-state index is 0.297. The molecule has 1 rings (SSSR count). The molecule has 1 aromatic carbocycles. The number of ether oxygens (including phenoxy) is 2. The van der Waals surface area contributed by atoms with Gasteiger partial charge in [-0.25, -0.2) is 4.79 Å². The summed E-state index contributed by atoms with van der Waals surface area (Å²) in [5.74, 6) is 0.435. The Bertz CT molecular complexity index is 462. The van der Waals surface area contributed by atoms with Crippen LogP contribution in [-0.2, 0) is 4.74 Å². The molecule has 0 bridgehead atoms. The third-order valence-corrected chi connectivity index (χ3v) is 3.89. The van der Waals surface area contributed by atoms with Crippen molar-refractivity contribution >= 4 is 5.97 Å². The molecule has 0 saturated heterocycles. The number of allylic oxidation sites excluding steroid dienone is 1. The van der Waals surface area contributed by atoms with Gasteiger partial charge in [0.1, 0.15) is 5.75 Å². The minimum Gasteiger partial charge on any atom is -0.465 e. The fraction of sp³-hybridized carbons (Fsp3) is 0.571. The van der Waals surface area contributed by atoms with Crippen LogP contribution < -0.4 is 4.74 Å². The standard InChI is InChI=1S/C21H32O3/c1-3-5-6-7-8-9-10-11-12-13-18-24-20-16-14-19(15-17-20)21(22)23-4-2/h13-18H,3-12H2,1-2H3. The van der Waals surface area contributed by atoms with Crippen molar-refractivity contribution in [1.82, 2.24) is 0 Å². The molecule has 0 unspecified atom stereocenters. The van der Waals surface area contributed by atoms with Crippen molar-refractivity contribution in [2.75, 3.05) is 6.61 Å². The molecule has 0 fully saturated rings. The van der Waals surface area contributed by atoms with E-state index in [1.807, 2.05) is 0 Å². The summed E-state index contributed by atoms with van der Waals surface area (Å²) in [6, 6.07) is 7.01. The zero-order valence-corrected chi connectivity index (χ0v) is 15.3. The molecule has 0 heterocycles. The Labute approximate surface area is 147 Å². The molecule has 0 radical (unpaired) electrons. The van der Waals surface area contributed by atoms with Crippen molar-refractivity contribution in [3.63, 3.8) is 0 Å². The number of hydrogen-bond donors (Lipinski definition) is 0. The fourth-order valence-electron chi connectivity index (χ4n) is 2.47. The van der Waals surface area contributed by atoms with Crippen molar-refractivity contribution in [1.29, 1.82) is 0 Å². The highest BCUT2D eigenvalue weighted by Gasteiger charge is 2.05. The summed E-state index contributed by atoms with van der Waals surface area (Å²) in [7, 11) is 0. The van der Waals surface area contributed by atoms with Crippen molar-refractivity contribution in [2.45, 2.75) is 71.6 Å². The molecule has 3 heteroatoms. The lowest BCUT2D eigenvalue weighted by Crippen LogP contribution is -2.03. The Kier molecular flexibility index (Phi) is 11.5. The van der Waals surface area contributed by atoms with Crippen LogP contribution in [0.2, 0.25) is 0 Å². The van der Waals surface area contributed by atoms with Crippen LogP contribution >= 0.6 is 0 Å². The SMILES string of the molecule is CCCCCCCCCCC=COc1ccc(C(=O)OCC)cc1. The first kappa shape index (κ1) is 20.3. The third-order valence-electron chi connectivity index (χ3n) is 3.89. The lowest BCUT2D eigenvalue weighted by molar-refractivity contribution is 0.0526. The molecule has 3 nitrogen and oxygen atoms in total. The van der Waals surface area contributed by atoms with Gasteiger partial charge in [-0.3, -0.25) is 0 Å². The zero-order chi connectivity index (χ0) is 17.5. The van der Waals surface area contributed by atoms with Crippen LogP contribution in [0.3, 0.4) is 0 Å². The molecule has 0 aliphatic rings. The average Bonchev–Trinajstić information content (AvgIpc) is 2.60. The van der Waals surface area contributed by atoms with E-state index in [-0.39, 0.29) is 5.97 Å². The maximum Gasteiger partial charge on any atom is 0.338 e. The predicted octanol–water partition coefficient (Wildman–Crippen LogP) is 6.29. The van der Waals surface area contributed by atoms with Crippen LogP contribution in [0.4, 0.5) is 0 Å². The molecule has 1 aromatic rings.